The average molecular weight is 284 g/mol. The lowest BCUT2D eigenvalue weighted by Crippen LogP contribution is -2.39. The van der Waals surface area contributed by atoms with Crippen LogP contribution in [0.25, 0.3) is 11.2 Å². The Hall–Kier alpha value is -1.88. The van der Waals surface area contributed by atoms with Crippen molar-refractivity contribution in [3.63, 3.8) is 0 Å². The molecule has 0 radical (unpaired) electrons. The second-order valence-corrected chi connectivity index (χ2v) is 4.52. The molecule has 3 rings (SSSR count). The molecule has 1 saturated heterocycles. The highest BCUT2D eigenvalue weighted by molar-refractivity contribution is 5.81. The Labute approximate surface area is 112 Å². The smallest absolute Gasteiger partial charge is 0.312 e. The molecule has 10 heteroatoms. The van der Waals surface area contributed by atoms with Gasteiger partial charge in [-0.05, 0) is 0 Å². The maximum atomic E-state index is 13.3. The number of nitrogen functional groups attached to an aromatic ring is 1. The van der Waals surface area contributed by atoms with E-state index < -0.39 is 30.6 Å². The number of nitrogens with zero attached hydrogens (tertiary/aromatic N) is 4. The minimum Gasteiger partial charge on any atom is -0.394 e. The van der Waals surface area contributed by atoms with E-state index in [0.717, 1.165) is 0 Å². The molecular formula is C10H13FN6O3. The Bertz CT molecular complexity index is 649. The molecule has 3 heterocycles. The Morgan fingerprint density at radius 3 is 2.85 bits per heavy atom. The van der Waals surface area contributed by atoms with Crippen LogP contribution in [0, 0.1) is 6.08 Å². The van der Waals surface area contributed by atoms with Crippen molar-refractivity contribution in [3.8, 4) is 0 Å². The molecule has 108 valence electrons. The van der Waals surface area contributed by atoms with Gasteiger partial charge in [-0.1, -0.05) is 0 Å². The molecule has 1 fully saturated rings. The average Bonchev–Trinajstić information content (AvgIpc) is 2.93. The molecule has 0 unspecified atom stereocenters. The van der Waals surface area contributed by atoms with Gasteiger partial charge in [0.25, 0.3) is 0 Å². The predicted octanol–water partition coefficient (Wildman–Crippen LogP) is -1.87. The van der Waals surface area contributed by atoms with Gasteiger partial charge < -0.3 is 26.4 Å². The molecule has 0 aromatic carbocycles. The van der Waals surface area contributed by atoms with Gasteiger partial charge in [0.15, 0.2) is 23.2 Å². The van der Waals surface area contributed by atoms with E-state index in [9.17, 15) is 9.50 Å². The number of aliphatic hydroxyl groups excluding tert-OH is 2. The fraction of sp³-hybridized carbons (Fsp3) is 0.500. The quantitative estimate of drug-likeness (QED) is 0.469. The molecule has 20 heavy (non-hydrogen) atoms. The van der Waals surface area contributed by atoms with Crippen LogP contribution in [-0.4, -0.2) is 54.6 Å². The SMILES string of the molecule is Nc1nc(F)nc2c1ncn2[C@@H]1O[C@H](CO)[C@@H](O)[C@@H]1N. The minimum absolute atomic E-state index is 0.0999. The van der Waals surface area contributed by atoms with Crippen LogP contribution in [0.5, 0.6) is 0 Å². The van der Waals surface area contributed by atoms with E-state index in [2.05, 4.69) is 15.0 Å². The second-order valence-electron chi connectivity index (χ2n) is 4.52. The third-order valence-electron chi connectivity index (χ3n) is 3.29. The highest BCUT2D eigenvalue weighted by atomic mass is 19.1. The number of anilines is 1. The summed E-state index contributed by atoms with van der Waals surface area (Å²) >= 11 is 0. The molecule has 0 amide bonds. The largest absolute Gasteiger partial charge is 0.394 e. The summed E-state index contributed by atoms with van der Waals surface area (Å²) in [6, 6.07) is -0.816. The lowest BCUT2D eigenvalue weighted by molar-refractivity contribution is -0.0437. The third-order valence-corrected chi connectivity index (χ3v) is 3.29. The van der Waals surface area contributed by atoms with Crippen molar-refractivity contribution < 1.29 is 19.3 Å². The Kier molecular flexibility index (Phi) is 3.01. The molecule has 1 aliphatic rings. The molecule has 0 spiro atoms. The summed E-state index contributed by atoms with van der Waals surface area (Å²) in [5.74, 6) is -0.0999. The zero-order valence-electron chi connectivity index (χ0n) is 10.2. The number of halogens is 1. The standard InChI is InChI=1S/C10H13FN6O3/c11-10-15-7(13)5-8(16-10)17(2-14-5)9-4(12)6(19)3(1-18)20-9/h2-4,6,9,18-19H,1,12H2,(H2,13,15,16)/t3-,4+,6-,9-/m1/s1. The van der Waals surface area contributed by atoms with Crippen LogP contribution in [0.4, 0.5) is 10.2 Å². The fourth-order valence-electron chi connectivity index (χ4n) is 2.27. The van der Waals surface area contributed by atoms with Gasteiger partial charge in [-0.25, -0.2) is 4.98 Å². The molecule has 6 N–H and O–H groups in total. The van der Waals surface area contributed by atoms with Gasteiger partial charge >= 0.3 is 6.08 Å². The van der Waals surface area contributed by atoms with Crippen LogP contribution in [-0.2, 0) is 4.74 Å². The number of hydrogen-bond donors (Lipinski definition) is 4. The van der Waals surface area contributed by atoms with E-state index in [1.807, 2.05) is 0 Å². The van der Waals surface area contributed by atoms with Gasteiger partial charge in [-0.2, -0.15) is 14.4 Å². The van der Waals surface area contributed by atoms with Crippen molar-refractivity contribution >= 4 is 17.0 Å². The third kappa shape index (κ3) is 1.81. The topological polar surface area (TPSA) is 145 Å². The van der Waals surface area contributed by atoms with Crippen LogP contribution >= 0.6 is 0 Å². The number of imidazole rings is 1. The van der Waals surface area contributed by atoms with Crippen LogP contribution in [0.1, 0.15) is 6.23 Å². The van der Waals surface area contributed by atoms with Crippen LogP contribution in [0.2, 0.25) is 0 Å². The lowest BCUT2D eigenvalue weighted by Gasteiger charge is -2.17. The molecule has 2 aromatic rings. The number of aromatic nitrogens is 4. The predicted molar refractivity (Wildman–Crippen MR) is 64.7 cm³/mol. The van der Waals surface area contributed by atoms with Crippen molar-refractivity contribution in [1.82, 2.24) is 19.5 Å². The molecule has 0 aliphatic carbocycles. The summed E-state index contributed by atoms with van der Waals surface area (Å²) in [6.07, 6.45) is -2.38. The van der Waals surface area contributed by atoms with Crippen molar-refractivity contribution in [2.75, 3.05) is 12.3 Å². The Balaban J connectivity index is 2.07. The summed E-state index contributed by atoms with van der Waals surface area (Å²) in [5, 5.41) is 18.9. The molecule has 9 nitrogen and oxygen atoms in total. The van der Waals surface area contributed by atoms with Crippen molar-refractivity contribution in [2.45, 2.75) is 24.5 Å². The molecule has 2 aromatic heterocycles. The van der Waals surface area contributed by atoms with E-state index in [4.69, 9.17) is 21.3 Å². The zero-order valence-corrected chi connectivity index (χ0v) is 10.2. The van der Waals surface area contributed by atoms with Crippen molar-refractivity contribution in [3.05, 3.63) is 12.4 Å². The van der Waals surface area contributed by atoms with Crippen LogP contribution in [0.3, 0.4) is 0 Å². The summed E-state index contributed by atoms with van der Waals surface area (Å²) in [4.78, 5) is 11.0. The summed E-state index contributed by atoms with van der Waals surface area (Å²) < 4.78 is 20.1. The molecule has 0 bridgehead atoms. The number of fused-ring (bicyclic) bond motifs is 1. The van der Waals surface area contributed by atoms with Gasteiger partial charge in [0.1, 0.15) is 12.2 Å². The molecule has 4 atom stereocenters. The first kappa shape index (κ1) is 13.1. The summed E-state index contributed by atoms with van der Waals surface area (Å²) in [6.45, 7) is -0.385. The van der Waals surface area contributed by atoms with E-state index in [1.165, 1.54) is 10.9 Å². The minimum atomic E-state index is -1.05. The van der Waals surface area contributed by atoms with Gasteiger partial charge in [0.2, 0.25) is 0 Å². The van der Waals surface area contributed by atoms with Crippen LogP contribution < -0.4 is 11.5 Å². The van der Waals surface area contributed by atoms with E-state index >= 15 is 0 Å². The number of nitrogens with two attached hydrogens (primary N) is 2. The summed E-state index contributed by atoms with van der Waals surface area (Å²) in [7, 11) is 0. The molecular weight excluding hydrogens is 271 g/mol. The lowest BCUT2D eigenvalue weighted by atomic mass is 10.1. The number of rotatable bonds is 2. The molecule has 0 saturated carbocycles. The second kappa shape index (κ2) is 4.59. The Morgan fingerprint density at radius 1 is 1.45 bits per heavy atom. The maximum absolute atomic E-state index is 13.3. The normalized spacial score (nSPS) is 30.2. The molecule has 1 aliphatic heterocycles. The Morgan fingerprint density at radius 2 is 2.20 bits per heavy atom. The van der Waals surface area contributed by atoms with Gasteiger partial charge in [-0.3, -0.25) is 4.57 Å². The maximum Gasteiger partial charge on any atom is 0.312 e. The monoisotopic (exact) mass is 284 g/mol. The highest BCUT2D eigenvalue weighted by Gasteiger charge is 2.42. The van der Waals surface area contributed by atoms with Crippen LogP contribution in [0.15, 0.2) is 6.33 Å². The highest BCUT2D eigenvalue weighted by Crippen LogP contribution is 2.30. The van der Waals surface area contributed by atoms with Gasteiger partial charge in [-0.15, -0.1) is 0 Å². The summed E-state index contributed by atoms with van der Waals surface area (Å²) in [5.41, 5.74) is 11.7. The first-order valence-corrected chi connectivity index (χ1v) is 5.88. The number of hydrogen-bond acceptors (Lipinski definition) is 8. The fourth-order valence-corrected chi connectivity index (χ4v) is 2.27. The van der Waals surface area contributed by atoms with E-state index in [-0.39, 0.29) is 23.6 Å². The van der Waals surface area contributed by atoms with Gasteiger partial charge in [0, 0.05) is 0 Å². The number of aliphatic hydroxyl groups is 2. The van der Waals surface area contributed by atoms with E-state index in [1.54, 1.807) is 0 Å². The van der Waals surface area contributed by atoms with E-state index in [0.29, 0.717) is 0 Å². The van der Waals surface area contributed by atoms with Gasteiger partial charge in [0.05, 0.1) is 19.0 Å². The van der Waals surface area contributed by atoms with Crippen molar-refractivity contribution in [1.29, 1.82) is 0 Å². The first-order chi connectivity index (χ1) is 9.52. The number of ether oxygens (including phenoxy) is 1. The van der Waals surface area contributed by atoms with Crippen molar-refractivity contribution in [2.24, 2.45) is 5.73 Å². The zero-order chi connectivity index (χ0) is 14.4. The first-order valence-electron chi connectivity index (χ1n) is 5.88.